The molecule has 0 amide bonds. The first-order valence-electron chi connectivity index (χ1n) is 34.5. The first-order valence-corrected chi connectivity index (χ1v) is 34.5. The Bertz CT molecular complexity index is 1290. The molecule has 0 aromatic rings. The molecule has 0 aromatic carbocycles. The summed E-state index contributed by atoms with van der Waals surface area (Å²) in [6, 6.07) is 0. The van der Waals surface area contributed by atoms with Crippen LogP contribution in [0.1, 0.15) is 380 Å². The van der Waals surface area contributed by atoms with Crippen LogP contribution in [0.2, 0.25) is 0 Å². The zero-order chi connectivity index (χ0) is 55.7. The van der Waals surface area contributed by atoms with E-state index in [1.807, 2.05) is 0 Å². The average molecular weight is 1080 g/mol. The van der Waals surface area contributed by atoms with E-state index >= 15 is 0 Å². The Balaban J connectivity index is 4.31. The predicted octanol–water partition coefficient (Wildman–Crippen LogP) is 23.6. The third-order valence-electron chi connectivity index (χ3n) is 15.6. The first kappa shape index (κ1) is 74.6. The molecule has 6 nitrogen and oxygen atoms in total. The lowest BCUT2D eigenvalue weighted by molar-refractivity contribution is -0.167. The topological polar surface area (TPSA) is 78.9 Å². The molecule has 452 valence electrons. The molecule has 0 N–H and O–H groups in total. The molecule has 0 rings (SSSR count). The van der Waals surface area contributed by atoms with Crippen molar-refractivity contribution in [3.8, 4) is 0 Å². The van der Waals surface area contributed by atoms with Crippen LogP contribution in [0.15, 0.2) is 36.5 Å². The Labute approximate surface area is 480 Å². The van der Waals surface area contributed by atoms with Crippen LogP contribution < -0.4 is 0 Å². The van der Waals surface area contributed by atoms with Crippen LogP contribution in [0.25, 0.3) is 0 Å². The van der Waals surface area contributed by atoms with Gasteiger partial charge in [0.25, 0.3) is 0 Å². The molecule has 77 heavy (non-hydrogen) atoms. The van der Waals surface area contributed by atoms with Crippen molar-refractivity contribution < 1.29 is 28.6 Å². The molecule has 0 heterocycles. The summed E-state index contributed by atoms with van der Waals surface area (Å²) in [6.45, 7) is 6.69. The lowest BCUT2D eigenvalue weighted by Crippen LogP contribution is -2.30. The number of ether oxygens (including phenoxy) is 3. The van der Waals surface area contributed by atoms with Crippen LogP contribution in [-0.2, 0) is 28.6 Å². The Morgan fingerprint density at radius 3 is 0.727 bits per heavy atom. The van der Waals surface area contributed by atoms with Crippen molar-refractivity contribution in [2.45, 2.75) is 386 Å². The number of carbonyl (C=O) groups is 3. The van der Waals surface area contributed by atoms with Gasteiger partial charge in [0.2, 0.25) is 0 Å². The van der Waals surface area contributed by atoms with E-state index in [-0.39, 0.29) is 31.1 Å². The fraction of sp³-hybridized carbons (Fsp3) is 0.873. The molecule has 0 bridgehead atoms. The van der Waals surface area contributed by atoms with Gasteiger partial charge in [0.1, 0.15) is 13.2 Å². The van der Waals surface area contributed by atoms with Gasteiger partial charge in [-0.05, 0) is 77.0 Å². The van der Waals surface area contributed by atoms with E-state index in [2.05, 4.69) is 57.2 Å². The molecule has 0 aliphatic heterocycles. The Kier molecular flexibility index (Phi) is 64.1. The summed E-state index contributed by atoms with van der Waals surface area (Å²) < 4.78 is 17.0. The summed E-state index contributed by atoms with van der Waals surface area (Å²) in [6.07, 6.45) is 81.6. The normalized spacial score (nSPS) is 12.2. The molecule has 0 saturated heterocycles. The Hall–Kier alpha value is -2.37. The van der Waals surface area contributed by atoms with Gasteiger partial charge in [0.05, 0.1) is 0 Å². The quantitative estimate of drug-likeness (QED) is 0.0261. The van der Waals surface area contributed by atoms with Crippen LogP contribution in [0.4, 0.5) is 0 Å². The predicted molar refractivity (Wildman–Crippen MR) is 335 cm³/mol. The summed E-state index contributed by atoms with van der Waals surface area (Å²) in [5, 5.41) is 0. The molecule has 0 radical (unpaired) electrons. The van der Waals surface area contributed by atoms with E-state index in [1.165, 1.54) is 270 Å². The maximum absolute atomic E-state index is 12.9. The average Bonchev–Trinajstić information content (AvgIpc) is 3.43. The minimum Gasteiger partial charge on any atom is -0.462 e. The Morgan fingerprint density at radius 1 is 0.260 bits per heavy atom. The SMILES string of the molecule is CCCCCCC/C=C\C/C=C\CCCCCCCCCCCCCC(=O)OCC(COC(=O)CCCCCCC/C=C\CCCCCCCCC)OC(=O)CCCCCCCCCCCCCCCCCCCCCC. The van der Waals surface area contributed by atoms with Crippen molar-refractivity contribution in [2.24, 2.45) is 0 Å². The molecular weight excluding hydrogens is 949 g/mol. The number of unbranched alkanes of at least 4 members (excludes halogenated alkanes) is 47. The highest BCUT2D eigenvalue weighted by molar-refractivity contribution is 5.71. The smallest absolute Gasteiger partial charge is 0.306 e. The highest BCUT2D eigenvalue weighted by atomic mass is 16.6. The van der Waals surface area contributed by atoms with Gasteiger partial charge < -0.3 is 14.2 Å². The van der Waals surface area contributed by atoms with E-state index in [1.54, 1.807) is 0 Å². The fourth-order valence-corrected chi connectivity index (χ4v) is 10.4. The molecule has 0 spiro atoms. The fourth-order valence-electron chi connectivity index (χ4n) is 10.4. The third kappa shape index (κ3) is 64.3. The number of hydrogen-bond donors (Lipinski definition) is 0. The molecule has 1 atom stereocenters. The number of allylic oxidation sites excluding steroid dienone is 6. The maximum atomic E-state index is 12.9. The summed E-state index contributed by atoms with van der Waals surface area (Å²) >= 11 is 0. The Morgan fingerprint density at radius 2 is 0.468 bits per heavy atom. The van der Waals surface area contributed by atoms with Crippen LogP contribution in [0.5, 0.6) is 0 Å². The second kappa shape index (κ2) is 66.1. The monoisotopic (exact) mass is 1080 g/mol. The summed E-state index contributed by atoms with van der Waals surface area (Å²) in [4.78, 5) is 38.4. The van der Waals surface area contributed by atoms with Gasteiger partial charge in [-0.3, -0.25) is 14.4 Å². The van der Waals surface area contributed by atoms with Gasteiger partial charge in [0.15, 0.2) is 6.10 Å². The van der Waals surface area contributed by atoms with Gasteiger partial charge in [-0.1, -0.05) is 320 Å². The minimum absolute atomic E-state index is 0.0712. The van der Waals surface area contributed by atoms with Crippen molar-refractivity contribution >= 4 is 17.9 Å². The number of esters is 3. The van der Waals surface area contributed by atoms with Crippen molar-refractivity contribution in [2.75, 3.05) is 13.2 Å². The number of carbonyl (C=O) groups excluding carboxylic acids is 3. The third-order valence-corrected chi connectivity index (χ3v) is 15.6. The highest BCUT2D eigenvalue weighted by Crippen LogP contribution is 2.18. The van der Waals surface area contributed by atoms with Gasteiger partial charge >= 0.3 is 17.9 Å². The molecule has 0 aliphatic carbocycles. The summed E-state index contributed by atoms with van der Waals surface area (Å²) in [5.74, 6) is -0.853. The van der Waals surface area contributed by atoms with Crippen LogP contribution in [0.3, 0.4) is 0 Å². The standard InChI is InChI=1S/C71H132O6/c1-4-7-10-13-16-19-22-25-28-31-33-35-36-37-39-40-43-46-49-52-55-58-61-64-70(73)76-67-68(66-75-69(72)63-60-57-54-51-48-45-42-30-27-24-21-18-15-12-9-6-3)77-71(74)65-62-59-56-53-50-47-44-41-38-34-32-29-26-23-20-17-14-11-8-5-2/h22,25,30-31,33,42,68H,4-21,23-24,26-29,32,34-41,43-67H2,1-3H3/b25-22-,33-31-,42-30-. The van der Waals surface area contributed by atoms with Gasteiger partial charge in [-0.25, -0.2) is 0 Å². The summed E-state index contributed by atoms with van der Waals surface area (Å²) in [7, 11) is 0. The maximum Gasteiger partial charge on any atom is 0.306 e. The van der Waals surface area contributed by atoms with Crippen molar-refractivity contribution in [3.05, 3.63) is 36.5 Å². The molecule has 1 unspecified atom stereocenters. The first-order chi connectivity index (χ1) is 38.0. The summed E-state index contributed by atoms with van der Waals surface area (Å²) in [5.41, 5.74) is 0. The van der Waals surface area contributed by atoms with E-state index in [4.69, 9.17) is 14.2 Å². The molecule has 0 aliphatic rings. The lowest BCUT2D eigenvalue weighted by atomic mass is 10.0. The molecule has 0 saturated carbocycles. The molecule has 6 heteroatoms. The van der Waals surface area contributed by atoms with E-state index in [0.717, 1.165) is 70.6 Å². The van der Waals surface area contributed by atoms with Crippen LogP contribution in [0, 0.1) is 0 Å². The number of hydrogen-bond acceptors (Lipinski definition) is 6. The van der Waals surface area contributed by atoms with Gasteiger partial charge in [-0.2, -0.15) is 0 Å². The zero-order valence-corrected chi connectivity index (χ0v) is 52.0. The largest absolute Gasteiger partial charge is 0.462 e. The van der Waals surface area contributed by atoms with E-state index < -0.39 is 6.10 Å². The van der Waals surface area contributed by atoms with Gasteiger partial charge in [0, 0.05) is 19.3 Å². The second-order valence-corrected chi connectivity index (χ2v) is 23.4. The molecular formula is C71H132O6. The number of rotatable bonds is 64. The highest BCUT2D eigenvalue weighted by Gasteiger charge is 2.19. The lowest BCUT2D eigenvalue weighted by Gasteiger charge is -2.18. The molecule has 0 fully saturated rings. The van der Waals surface area contributed by atoms with E-state index in [0.29, 0.717) is 19.3 Å². The van der Waals surface area contributed by atoms with Crippen molar-refractivity contribution in [3.63, 3.8) is 0 Å². The van der Waals surface area contributed by atoms with Gasteiger partial charge in [-0.15, -0.1) is 0 Å². The zero-order valence-electron chi connectivity index (χ0n) is 52.0. The van der Waals surface area contributed by atoms with Crippen molar-refractivity contribution in [1.82, 2.24) is 0 Å². The van der Waals surface area contributed by atoms with Crippen LogP contribution in [-0.4, -0.2) is 37.2 Å². The van der Waals surface area contributed by atoms with Crippen LogP contribution >= 0.6 is 0 Å². The molecule has 0 aromatic heterocycles. The second-order valence-electron chi connectivity index (χ2n) is 23.4. The van der Waals surface area contributed by atoms with E-state index in [9.17, 15) is 14.4 Å². The van der Waals surface area contributed by atoms with Crippen molar-refractivity contribution in [1.29, 1.82) is 0 Å². The minimum atomic E-state index is -0.775.